The average molecular weight is 386 g/mol. The number of benzene rings is 2. The van der Waals surface area contributed by atoms with Gasteiger partial charge < -0.3 is 24.8 Å². The molecule has 0 aliphatic rings. The lowest BCUT2D eigenvalue weighted by molar-refractivity contribution is 0.183. The van der Waals surface area contributed by atoms with Gasteiger partial charge in [0.1, 0.15) is 5.75 Å². The van der Waals surface area contributed by atoms with Crippen LogP contribution in [0.4, 0.5) is 10.5 Å². The van der Waals surface area contributed by atoms with Crippen LogP contribution in [0.2, 0.25) is 0 Å². The van der Waals surface area contributed by atoms with Crippen molar-refractivity contribution in [3.63, 3.8) is 0 Å². The molecule has 2 amide bonds. The van der Waals surface area contributed by atoms with Crippen molar-refractivity contribution in [3.05, 3.63) is 48.0 Å². The van der Waals surface area contributed by atoms with Crippen LogP contribution >= 0.6 is 0 Å². The van der Waals surface area contributed by atoms with Gasteiger partial charge in [-0.1, -0.05) is 26.0 Å². The summed E-state index contributed by atoms with van der Waals surface area (Å²) in [7, 11) is 0. The Bertz CT molecular complexity index is 760. The first-order valence-corrected chi connectivity index (χ1v) is 9.66. The molecule has 6 heteroatoms. The van der Waals surface area contributed by atoms with E-state index in [9.17, 15) is 4.79 Å². The van der Waals surface area contributed by atoms with E-state index >= 15 is 0 Å². The van der Waals surface area contributed by atoms with Gasteiger partial charge in [-0.3, -0.25) is 0 Å². The quantitative estimate of drug-likeness (QED) is 0.585. The lowest BCUT2D eigenvalue weighted by Crippen LogP contribution is -2.39. The molecular formula is C22H30N2O4. The van der Waals surface area contributed by atoms with Crippen LogP contribution < -0.4 is 24.8 Å². The lowest BCUT2D eigenvalue weighted by atomic mass is 10.0. The second-order valence-electron chi connectivity index (χ2n) is 6.61. The number of hydrogen-bond acceptors (Lipinski definition) is 4. The van der Waals surface area contributed by atoms with Gasteiger partial charge in [0.05, 0.1) is 13.2 Å². The molecule has 2 aromatic carbocycles. The van der Waals surface area contributed by atoms with Crippen LogP contribution in [0.15, 0.2) is 42.5 Å². The normalized spacial score (nSPS) is 11.6. The highest BCUT2D eigenvalue weighted by Gasteiger charge is 2.11. The molecule has 0 aliphatic carbocycles. The molecule has 2 aromatic rings. The minimum Gasteiger partial charge on any atom is -0.490 e. The molecule has 0 aromatic heterocycles. The summed E-state index contributed by atoms with van der Waals surface area (Å²) in [5.74, 6) is 2.41. The van der Waals surface area contributed by atoms with E-state index in [1.165, 1.54) is 5.56 Å². The Morgan fingerprint density at radius 2 is 1.57 bits per heavy atom. The van der Waals surface area contributed by atoms with Gasteiger partial charge in [0.2, 0.25) is 0 Å². The predicted octanol–water partition coefficient (Wildman–Crippen LogP) is 5.15. The van der Waals surface area contributed by atoms with Crippen molar-refractivity contribution < 1.29 is 19.0 Å². The fourth-order valence-corrected chi connectivity index (χ4v) is 2.65. The molecule has 1 unspecified atom stereocenters. The zero-order chi connectivity index (χ0) is 20.5. The summed E-state index contributed by atoms with van der Waals surface area (Å²) in [6, 6.07) is 12.8. The first-order valence-electron chi connectivity index (χ1n) is 9.66. The van der Waals surface area contributed by atoms with Gasteiger partial charge in [-0.05, 0) is 56.5 Å². The molecule has 0 aliphatic heterocycles. The van der Waals surface area contributed by atoms with Crippen molar-refractivity contribution in [1.82, 2.24) is 5.32 Å². The molecule has 0 heterocycles. The van der Waals surface area contributed by atoms with Crippen molar-refractivity contribution in [1.29, 1.82) is 0 Å². The van der Waals surface area contributed by atoms with Crippen LogP contribution in [0, 0.1) is 0 Å². The second-order valence-corrected chi connectivity index (χ2v) is 6.61. The number of amides is 2. The first-order chi connectivity index (χ1) is 13.4. The zero-order valence-electron chi connectivity index (χ0n) is 17.2. The molecule has 0 saturated carbocycles. The fraction of sp³-hybridized carbons (Fsp3) is 0.409. The largest absolute Gasteiger partial charge is 0.490 e. The third kappa shape index (κ3) is 6.37. The van der Waals surface area contributed by atoms with Crippen LogP contribution in [0.25, 0.3) is 0 Å². The van der Waals surface area contributed by atoms with Crippen molar-refractivity contribution in [2.24, 2.45) is 0 Å². The third-order valence-corrected chi connectivity index (χ3v) is 4.00. The van der Waals surface area contributed by atoms with E-state index in [-0.39, 0.29) is 6.03 Å². The number of anilines is 1. The third-order valence-electron chi connectivity index (χ3n) is 4.00. The maximum atomic E-state index is 12.3. The molecule has 2 N–H and O–H groups in total. The van der Waals surface area contributed by atoms with Crippen LogP contribution in [0.1, 0.15) is 46.1 Å². The molecule has 0 radical (unpaired) electrons. The van der Waals surface area contributed by atoms with Gasteiger partial charge in [-0.25, -0.2) is 4.79 Å². The Morgan fingerprint density at radius 3 is 2.18 bits per heavy atom. The van der Waals surface area contributed by atoms with Crippen molar-refractivity contribution in [3.8, 4) is 17.2 Å². The highest BCUT2D eigenvalue weighted by atomic mass is 16.5. The van der Waals surface area contributed by atoms with E-state index in [1.807, 2.05) is 38.1 Å². The van der Waals surface area contributed by atoms with Crippen LogP contribution in [0.5, 0.6) is 17.2 Å². The molecular weight excluding hydrogens is 356 g/mol. The van der Waals surface area contributed by atoms with Gasteiger partial charge in [0.25, 0.3) is 0 Å². The molecule has 1 atom stereocenters. The summed E-state index contributed by atoms with van der Waals surface area (Å²) in [5, 5.41) is 5.55. The number of nitrogens with one attached hydrogen (secondary N) is 2. The zero-order valence-corrected chi connectivity index (χ0v) is 17.2. The summed E-state index contributed by atoms with van der Waals surface area (Å²) in [5.41, 5.74) is 1.85. The predicted molar refractivity (Wildman–Crippen MR) is 112 cm³/mol. The van der Waals surface area contributed by atoms with Gasteiger partial charge >= 0.3 is 6.03 Å². The molecule has 0 bridgehead atoms. The molecule has 2 rings (SSSR count). The SMILES string of the molecule is CCOc1ccc(NC(=O)NC(C)Oc2ccc(C(C)C)cc2)cc1OCC. The highest BCUT2D eigenvalue weighted by Crippen LogP contribution is 2.30. The number of urea groups is 1. The topological polar surface area (TPSA) is 68.8 Å². The number of rotatable bonds is 9. The maximum Gasteiger partial charge on any atom is 0.322 e. The Balaban J connectivity index is 1.92. The summed E-state index contributed by atoms with van der Waals surface area (Å²) in [6.45, 7) is 10.9. The van der Waals surface area contributed by atoms with Crippen LogP contribution in [-0.4, -0.2) is 25.5 Å². The summed E-state index contributed by atoms with van der Waals surface area (Å²) >= 11 is 0. The number of carbonyl (C=O) groups is 1. The number of carbonyl (C=O) groups excluding carboxylic acids is 1. The van der Waals surface area contributed by atoms with Crippen LogP contribution in [0.3, 0.4) is 0 Å². The van der Waals surface area contributed by atoms with Gasteiger partial charge in [0.15, 0.2) is 17.7 Å². The van der Waals surface area contributed by atoms with Crippen LogP contribution in [-0.2, 0) is 0 Å². The smallest absolute Gasteiger partial charge is 0.322 e. The van der Waals surface area contributed by atoms with Crippen molar-refractivity contribution in [2.45, 2.75) is 46.8 Å². The maximum absolute atomic E-state index is 12.3. The Labute approximate surface area is 167 Å². The average Bonchev–Trinajstić information content (AvgIpc) is 2.64. The molecule has 6 nitrogen and oxygen atoms in total. The molecule has 0 saturated heterocycles. The van der Waals surface area contributed by atoms with Crippen molar-refractivity contribution >= 4 is 11.7 Å². The fourth-order valence-electron chi connectivity index (χ4n) is 2.65. The Hall–Kier alpha value is -2.89. The lowest BCUT2D eigenvalue weighted by Gasteiger charge is -2.18. The Morgan fingerprint density at radius 1 is 0.929 bits per heavy atom. The van der Waals surface area contributed by atoms with Gasteiger partial charge in [-0.15, -0.1) is 0 Å². The standard InChI is InChI=1S/C22H30N2O4/c1-6-26-20-13-10-18(14-21(20)27-7-2)24-22(25)23-16(5)28-19-11-8-17(9-12-19)15(3)4/h8-16H,6-7H2,1-5H3,(H2,23,24,25). The first kappa shape index (κ1) is 21.4. The number of hydrogen-bond donors (Lipinski definition) is 2. The summed E-state index contributed by atoms with van der Waals surface area (Å²) in [6.07, 6.45) is -0.487. The minimum atomic E-state index is -0.487. The number of ether oxygens (including phenoxy) is 3. The van der Waals surface area contributed by atoms with Gasteiger partial charge in [-0.2, -0.15) is 0 Å². The Kier molecular flexibility index (Phi) is 7.99. The van der Waals surface area contributed by atoms with E-state index in [0.29, 0.717) is 42.1 Å². The minimum absolute atomic E-state index is 0.363. The van der Waals surface area contributed by atoms with E-state index in [4.69, 9.17) is 14.2 Å². The monoisotopic (exact) mass is 386 g/mol. The molecule has 152 valence electrons. The summed E-state index contributed by atoms with van der Waals surface area (Å²) < 4.78 is 16.9. The van der Waals surface area contributed by atoms with E-state index in [0.717, 1.165) is 0 Å². The van der Waals surface area contributed by atoms with E-state index < -0.39 is 6.23 Å². The summed E-state index contributed by atoms with van der Waals surface area (Å²) in [4.78, 5) is 12.3. The van der Waals surface area contributed by atoms with E-state index in [1.54, 1.807) is 25.1 Å². The van der Waals surface area contributed by atoms with Gasteiger partial charge in [0, 0.05) is 11.8 Å². The molecule has 0 spiro atoms. The van der Waals surface area contributed by atoms with E-state index in [2.05, 4.69) is 24.5 Å². The molecule has 28 heavy (non-hydrogen) atoms. The highest BCUT2D eigenvalue weighted by molar-refractivity contribution is 5.89. The second kappa shape index (κ2) is 10.4. The van der Waals surface area contributed by atoms with Crippen molar-refractivity contribution in [2.75, 3.05) is 18.5 Å². The molecule has 0 fully saturated rings.